The van der Waals surface area contributed by atoms with Crippen molar-refractivity contribution in [1.82, 2.24) is 10.2 Å². The minimum absolute atomic E-state index is 0.00326. The van der Waals surface area contributed by atoms with Crippen molar-refractivity contribution in [3.63, 3.8) is 0 Å². The number of para-hydroxylation sites is 1. The van der Waals surface area contributed by atoms with E-state index >= 15 is 0 Å². The third-order valence-corrected chi connectivity index (χ3v) is 4.51. The Kier molecular flexibility index (Phi) is 7.95. The van der Waals surface area contributed by atoms with Gasteiger partial charge in [0.15, 0.2) is 6.61 Å². The SMILES string of the molecule is CC[C@H](NC(=O)[C@@H](C)SC)c1ccccc1OCC(=O)N(C)C. The number of rotatable bonds is 8. The molecule has 6 heteroatoms. The fraction of sp³-hybridized carbons (Fsp3) is 0.529. The number of benzene rings is 1. The summed E-state index contributed by atoms with van der Waals surface area (Å²) in [4.78, 5) is 25.3. The summed E-state index contributed by atoms with van der Waals surface area (Å²) < 4.78 is 5.66. The van der Waals surface area contributed by atoms with Crippen LogP contribution >= 0.6 is 11.8 Å². The van der Waals surface area contributed by atoms with Crippen LogP contribution in [0.4, 0.5) is 0 Å². The highest BCUT2D eigenvalue weighted by Gasteiger charge is 2.20. The molecule has 0 unspecified atom stereocenters. The van der Waals surface area contributed by atoms with E-state index in [1.807, 2.05) is 44.4 Å². The topological polar surface area (TPSA) is 58.6 Å². The van der Waals surface area contributed by atoms with Gasteiger partial charge in [0, 0.05) is 19.7 Å². The summed E-state index contributed by atoms with van der Waals surface area (Å²) in [5.41, 5.74) is 0.892. The van der Waals surface area contributed by atoms with Crippen LogP contribution in [0.5, 0.6) is 5.75 Å². The fourth-order valence-electron chi connectivity index (χ4n) is 1.96. The number of nitrogens with one attached hydrogen (secondary N) is 1. The maximum Gasteiger partial charge on any atom is 0.259 e. The molecule has 0 fully saturated rings. The van der Waals surface area contributed by atoms with Gasteiger partial charge in [-0.2, -0.15) is 11.8 Å². The number of carbonyl (C=O) groups is 2. The van der Waals surface area contributed by atoms with E-state index in [0.717, 1.165) is 12.0 Å². The molecule has 0 spiro atoms. The van der Waals surface area contributed by atoms with Crippen LogP contribution in [0.15, 0.2) is 24.3 Å². The largest absolute Gasteiger partial charge is 0.483 e. The van der Waals surface area contributed by atoms with Crippen LogP contribution in [0, 0.1) is 0 Å². The third kappa shape index (κ3) is 5.78. The van der Waals surface area contributed by atoms with Gasteiger partial charge in [0.25, 0.3) is 5.91 Å². The summed E-state index contributed by atoms with van der Waals surface area (Å²) in [6.45, 7) is 3.87. The van der Waals surface area contributed by atoms with Crippen LogP contribution in [0.3, 0.4) is 0 Å². The Balaban J connectivity index is 2.88. The summed E-state index contributed by atoms with van der Waals surface area (Å²) in [5, 5.41) is 2.95. The van der Waals surface area contributed by atoms with Crippen LogP contribution < -0.4 is 10.1 Å². The van der Waals surface area contributed by atoms with E-state index in [4.69, 9.17) is 4.74 Å². The van der Waals surface area contributed by atoms with E-state index in [0.29, 0.717) is 5.75 Å². The molecule has 1 rings (SSSR count). The Morgan fingerprint density at radius 3 is 2.52 bits per heavy atom. The standard InChI is InChI=1S/C17H26N2O3S/c1-6-14(18-17(21)12(2)23-5)13-9-7-8-10-15(13)22-11-16(20)19(3)4/h7-10,12,14H,6,11H2,1-5H3,(H,18,21)/t12-,14+/m1/s1. The fourth-order valence-corrected chi connectivity index (χ4v) is 2.25. The van der Waals surface area contributed by atoms with E-state index in [9.17, 15) is 9.59 Å². The lowest BCUT2D eigenvalue weighted by atomic mass is 10.0. The molecule has 0 aromatic heterocycles. The van der Waals surface area contributed by atoms with E-state index in [2.05, 4.69) is 5.32 Å². The minimum Gasteiger partial charge on any atom is -0.483 e. The number of carbonyl (C=O) groups excluding carboxylic acids is 2. The van der Waals surface area contributed by atoms with Gasteiger partial charge >= 0.3 is 0 Å². The van der Waals surface area contributed by atoms with Crippen LogP contribution in [-0.4, -0.2) is 48.9 Å². The molecule has 0 aliphatic carbocycles. The molecular formula is C17H26N2O3S. The Hall–Kier alpha value is -1.69. The first kappa shape index (κ1) is 19.4. The Morgan fingerprint density at radius 2 is 1.96 bits per heavy atom. The van der Waals surface area contributed by atoms with Crippen LogP contribution in [0.1, 0.15) is 31.9 Å². The van der Waals surface area contributed by atoms with Crippen LogP contribution in [0.25, 0.3) is 0 Å². The molecule has 128 valence electrons. The van der Waals surface area contributed by atoms with Gasteiger partial charge in [-0.1, -0.05) is 25.1 Å². The van der Waals surface area contributed by atoms with Gasteiger partial charge in [0.2, 0.25) is 5.91 Å². The second kappa shape index (κ2) is 9.45. The lowest BCUT2D eigenvalue weighted by Crippen LogP contribution is -2.34. The summed E-state index contributed by atoms with van der Waals surface area (Å²) in [6, 6.07) is 7.38. The zero-order valence-electron chi connectivity index (χ0n) is 14.5. The number of ether oxygens (including phenoxy) is 1. The van der Waals surface area contributed by atoms with Crippen LogP contribution in [-0.2, 0) is 9.59 Å². The van der Waals surface area contributed by atoms with Gasteiger partial charge < -0.3 is 15.0 Å². The van der Waals surface area contributed by atoms with Crippen molar-refractivity contribution < 1.29 is 14.3 Å². The molecule has 2 amide bonds. The first-order valence-electron chi connectivity index (χ1n) is 7.65. The zero-order chi connectivity index (χ0) is 17.4. The van der Waals surface area contributed by atoms with Gasteiger partial charge in [-0.15, -0.1) is 0 Å². The second-order valence-corrected chi connectivity index (χ2v) is 6.64. The molecule has 0 aliphatic rings. The average Bonchev–Trinajstić information content (AvgIpc) is 2.56. The predicted octanol–water partition coefficient (Wildman–Crippen LogP) is 2.47. The summed E-state index contributed by atoms with van der Waals surface area (Å²) in [6.07, 6.45) is 2.66. The first-order chi connectivity index (χ1) is 10.9. The normalized spacial score (nSPS) is 13.1. The Morgan fingerprint density at radius 1 is 1.30 bits per heavy atom. The Labute approximate surface area is 142 Å². The van der Waals surface area contributed by atoms with Gasteiger partial charge in [0.1, 0.15) is 5.75 Å². The highest BCUT2D eigenvalue weighted by atomic mass is 32.2. The number of hydrogen-bond acceptors (Lipinski definition) is 4. The minimum atomic E-state index is -0.136. The number of amides is 2. The van der Waals surface area contributed by atoms with Gasteiger partial charge in [-0.05, 0) is 25.7 Å². The molecular weight excluding hydrogens is 312 g/mol. The molecule has 1 aromatic rings. The first-order valence-corrected chi connectivity index (χ1v) is 8.94. The lowest BCUT2D eigenvalue weighted by molar-refractivity contribution is -0.130. The Bertz CT molecular complexity index is 534. The summed E-state index contributed by atoms with van der Waals surface area (Å²) >= 11 is 1.51. The number of thioether (sulfide) groups is 1. The molecule has 5 nitrogen and oxygen atoms in total. The quantitative estimate of drug-likeness (QED) is 0.791. The molecule has 0 radical (unpaired) electrons. The maximum atomic E-state index is 12.1. The lowest BCUT2D eigenvalue weighted by Gasteiger charge is -2.22. The highest BCUT2D eigenvalue weighted by molar-refractivity contribution is 7.99. The van der Waals surface area contributed by atoms with Crippen LogP contribution in [0.2, 0.25) is 0 Å². The van der Waals surface area contributed by atoms with Crippen molar-refractivity contribution in [2.45, 2.75) is 31.6 Å². The monoisotopic (exact) mass is 338 g/mol. The van der Waals surface area contributed by atoms with E-state index in [-0.39, 0.29) is 29.7 Å². The van der Waals surface area contributed by atoms with Crippen molar-refractivity contribution in [2.75, 3.05) is 27.0 Å². The van der Waals surface area contributed by atoms with Crippen molar-refractivity contribution in [2.24, 2.45) is 0 Å². The van der Waals surface area contributed by atoms with Crippen molar-refractivity contribution in [1.29, 1.82) is 0 Å². The van der Waals surface area contributed by atoms with E-state index < -0.39 is 0 Å². The molecule has 2 atom stereocenters. The maximum absolute atomic E-state index is 12.1. The van der Waals surface area contributed by atoms with Crippen molar-refractivity contribution in [3.05, 3.63) is 29.8 Å². The van der Waals surface area contributed by atoms with Gasteiger partial charge in [-0.3, -0.25) is 9.59 Å². The molecule has 0 saturated heterocycles. The molecule has 0 saturated carbocycles. The number of likely N-dealkylation sites (N-methyl/N-ethyl adjacent to an activating group) is 1. The molecule has 23 heavy (non-hydrogen) atoms. The number of hydrogen-bond donors (Lipinski definition) is 1. The van der Waals surface area contributed by atoms with E-state index in [1.165, 1.54) is 16.7 Å². The zero-order valence-corrected chi connectivity index (χ0v) is 15.3. The third-order valence-electron chi connectivity index (χ3n) is 3.59. The molecule has 0 heterocycles. The predicted molar refractivity (Wildman–Crippen MR) is 94.8 cm³/mol. The number of nitrogens with zero attached hydrogens (tertiary/aromatic N) is 1. The summed E-state index contributed by atoms with van der Waals surface area (Å²) in [5.74, 6) is 0.531. The second-order valence-electron chi connectivity index (χ2n) is 5.46. The highest BCUT2D eigenvalue weighted by Crippen LogP contribution is 2.27. The summed E-state index contributed by atoms with van der Waals surface area (Å²) in [7, 11) is 3.38. The smallest absolute Gasteiger partial charge is 0.259 e. The van der Waals surface area contributed by atoms with E-state index in [1.54, 1.807) is 14.1 Å². The van der Waals surface area contributed by atoms with Crippen molar-refractivity contribution >= 4 is 23.6 Å². The van der Waals surface area contributed by atoms with Crippen molar-refractivity contribution in [3.8, 4) is 5.75 Å². The van der Waals surface area contributed by atoms with Gasteiger partial charge in [-0.25, -0.2) is 0 Å². The molecule has 1 N–H and O–H groups in total. The molecule has 0 aliphatic heterocycles. The molecule has 1 aromatic carbocycles. The average molecular weight is 338 g/mol. The van der Waals surface area contributed by atoms with Gasteiger partial charge in [0.05, 0.1) is 11.3 Å². The molecule has 0 bridgehead atoms.